The van der Waals surface area contributed by atoms with Crippen molar-refractivity contribution in [3.63, 3.8) is 0 Å². The molecule has 1 aromatic carbocycles. The summed E-state index contributed by atoms with van der Waals surface area (Å²) in [5.41, 5.74) is 1.03. The lowest BCUT2D eigenvalue weighted by atomic mass is 9.78. The first kappa shape index (κ1) is 13.1. The van der Waals surface area contributed by atoms with Gasteiger partial charge >= 0.3 is 5.97 Å². The average Bonchev–Trinajstić information content (AvgIpc) is 2.77. The van der Waals surface area contributed by atoms with E-state index in [1.807, 2.05) is 36.0 Å². The van der Waals surface area contributed by atoms with Gasteiger partial charge in [0.15, 0.2) is 0 Å². The highest BCUT2D eigenvalue weighted by Crippen LogP contribution is 2.34. The Bertz CT molecular complexity index is 642. The Labute approximate surface area is 117 Å². The van der Waals surface area contributed by atoms with Gasteiger partial charge in [0.05, 0.1) is 23.2 Å². The third-order valence-electron chi connectivity index (χ3n) is 4.12. The number of aliphatic carboxylic acids is 1. The van der Waals surface area contributed by atoms with Crippen LogP contribution in [-0.2, 0) is 23.0 Å². The van der Waals surface area contributed by atoms with Crippen LogP contribution in [0.1, 0.15) is 18.5 Å². The van der Waals surface area contributed by atoms with Crippen LogP contribution in [0.25, 0.3) is 10.9 Å². The van der Waals surface area contributed by atoms with Gasteiger partial charge in [0, 0.05) is 25.5 Å². The fraction of sp³-hybridized carbons (Fsp3) is 0.467. The molecule has 2 heterocycles. The zero-order valence-electron chi connectivity index (χ0n) is 11.5. The molecular formula is C15H18N2O3. The molecule has 0 bridgehead atoms. The van der Waals surface area contributed by atoms with Gasteiger partial charge in [-0.2, -0.15) is 5.10 Å². The number of aryl methyl sites for hydroxylation is 1. The molecule has 1 aromatic heterocycles. The van der Waals surface area contributed by atoms with Crippen molar-refractivity contribution < 1.29 is 14.6 Å². The molecule has 1 unspecified atom stereocenters. The monoisotopic (exact) mass is 274 g/mol. The Morgan fingerprint density at radius 3 is 3.00 bits per heavy atom. The van der Waals surface area contributed by atoms with E-state index < -0.39 is 11.4 Å². The molecule has 1 saturated heterocycles. The maximum absolute atomic E-state index is 11.7. The van der Waals surface area contributed by atoms with Crippen LogP contribution in [0, 0.1) is 5.41 Å². The predicted molar refractivity (Wildman–Crippen MR) is 74.5 cm³/mol. The summed E-state index contributed by atoms with van der Waals surface area (Å²) in [5, 5.41) is 15.2. The number of hydrogen-bond donors (Lipinski definition) is 1. The molecule has 0 amide bonds. The molecule has 1 aliphatic rings. The standard InChI is InChI=1S/C15H18N2O3/c1-17-13-6-3-2-5-11(13)12(16-17)9-15(14(18)19)7-4-8-20-10-15/h2-3,5-6H,4,7-10H2,1H3,(H,18,19). The Morgan fingerprint density at radius 1 is 1.50 bits per heavy atom. The molecule has 1 aliphatic heterocycles. The lowest BCUT2D eigenvalue weighted by Crippen LogP contribution is -2.41. The number of ether oxygens (including phenoxy) is 1. The van der Waals surface area contributed by atoms with Crippen LogP contribution in [0.3, 0.4) is 0 Å². The number of carboxylic acid groups (broad SMARTS) is 1. The van der Waals surface area contributed by atoms with Crippen molar-refractivity contribution in [2.24, 2.45) is 12.5 Å². The number of rotatable bonds is 3. The van der Waals surface area contributed by atoms with Crippen molar-refractivity contribution in [2.45, 2.75) is 19.3 Å². The topological polar surface area (TPSA) is 64.4 Å². The van der Waals surface area contributed by atoms with Crippen LogP contribution in [0.4, 0.5) is 0 Å². The normalized spacial score (nSPS) is 23.1. The maximum Gasteiger partial charge on any atom is 0.312 e. The predicted octanol–water partition coefficient (Wildman–Crippen LogP) is 2.00. The van der Waals surface area contributed by atoms with Crippen LogP contribution in [0.5, 0.6) is 0 Å². The first-order valence-corrected chi connectivity index (χ1v) is 6.84. The maximum atomic E-state index is 11.7. The first-order chi connectivity index (χ1) is 9.62. The molecule has 5 nitrogen and oxygen atoms in total. The molecule has 0 aliphatic carbocycles. The van der Waals surface area contributed by atoms with Gasteiger partial charge in [0.25, 0.3) is 0 Å². The van der Waals surface area contributed by atoms with Crippen LogP contribution in [0.2, 0.25) is 0 Å². The molecular weight excluding hydrogens is 256 g/mol. The highest BCUT2D eigenvalue weighted by atomic mass is 16.5. The van der Waals surface area contributed by atoms with E-state index in [-0.39, 0.29) is 6.61 Å². The summed E-state index contributed by atoms with van der Waals surface area (Å²) in [6.07, 6.45) is 1.86. The fourth-order valence-corrected chi connectivity index (χ4v) is 2.98. The Balaban J connectivity index is 2.01. The van der Waals surface area contributed by atoms with Crippen LogP contribution < -0.4 is 0 Å². The summed E-state index contributed by atoms with van der Waals surface area (Å²) in [6.45, 7) is 0.922. The second kappa shape index (κ2) is 4.90. The fourth-order valence-electron chi connectivity index (χ4n) is 2.98. The molecule has 1 fully saturated rings. The number of nitrogens with zero attached hydrogens (tertiary/aromatic N) is 2. The molecule has 0 radical (unpaired) electrons. The van der Waals surface area contributed by atoms with E-state index in [9.17, 15) is 9.90 Å². The van der Waals surface area contributed by atoms with Gasteiger partial charge in [-0.15, -0.1) is 0 Å². The Kier molecular flexibility index (Phi) is 3.22. The van der Waals surface area contributed by atoms with Gasteiger partial charge in [0.1, 0.15) is 0 Å². The highest BCUT2D eigenvalue weighted by molar-refractivity contribution is 5.83. The van der Waals surface area contributed by atoms with Crippen LogP contribution >= 0.6 is 0 Å². The van der Waals surface area contributed by atoms with E-state index in [0.717, 1.165) is 23.0 Å². The first-order valence-electron chi connectivity index (χ1n) is 6.84. The second-order valence-electron chi connectivity index (χ2n) is 5.51. The van der Waals surface area contributed by atoms with Gasteiger partial charge in [-0.1, -0.05) is 18.2 Å². The number of para-hydroxylation sites is 1. The molecule has 106 valence electrons. The summed E-state index contributed by atoms with van der Waals surface area (Å²) < 4.78 is 7.23. The highest BCUT2D eigenvalue weighted by Gasteiger charge is 2.41. The summed E-state index contributed by atoms with van der Waals surface area (Å²) in [5.74, 6) is -0.785. The Morgan fingerprint density at radius 2 is 2.30 bits per heavy atom. The average molecular weight is 274 g/mol. The van der Waals surface area contributed by atoms with Crippen molar-refractivity contribution in [1.82, 2.24) is 9.78 Å². The number of aromatic nitrogens is 2. The van der Waals surface area contributed by atoms with E-state index in [2.05, 4.69) is 5.10 Å². The van der Waals surface area contributed by atoms with Gasteiger partial charge < -0.3 is 9.84 Å². The van der Waals surface area contributed by atoms with Gasteiger partial charge in [-0.05, 0) is 18.9 Å². The minimum absolute atomic E-state index is 0.271. The van der Waals surface area contributed by atoms with E-state index in [4.69, 9.17) is 4.74 Å². The quantitative estimate of drug-likeness (QED) is 0.929. The molecule has 0 saturated carbocycles. The van der Waals surface area contributed by atoms with Crippen molar-refractivity contribution >= 4 is 16.9 Å². The van der Waals surface area contributed by atoms with Crippen molar-refractivity contribution in [1.29, 1.82) is 0 Å². The SMILES string of the molecule is Cn1nc(CC2(C(=O)O)CCCOC2)c2ccccc21. The van der Waals surface area contributed by atoms with Crippen molar-refractivity contribution in [3.8, 4) is 0 Å². The number of hydrogen-bond acceptors (Lipinski definition) is 3. The molecule has 0 spiro atoms. The lowest BCUT2D eigenvalue weighted by Gasteiger charge is -2.32. The largest absolute Gasteiger partial charge is 0.481 e. The zero-order chi connectivity index (χ0) is 14.2. The minimum atomic E-state index is -0.838. The number of carbonyl (C=O) groups is 1. The Hall–Kier alpha value is -1.88. The summed E-state index contributed by atoms with van der Waals surface area (Å²) in [4.78, 5) is 11.7. The van der Waals surface area contributed by atoms with Gasteiger partial charge in [0.2, 0.25) is 0 Å². The number of carboxylic acids is 1. The van der Waals surface area contributed by atoms with Crippen LogP contribution in [0.15, 0.2) is 24.3 Å². The zero-order valence-corrected chi connectivity index (χ0v) is 11.5. The lowest BCUT2D eigenvalue weighted by molar-refractivity contribution is -0.157. The van der Waals surface area contributed by atoms with Crippen molar-refractivity contribution in [2.75, 3.05) is 13.2 Å². The summed E-state index contributed by atoms with van der Waals surface area (Å²) >= 11 is 0. The van der Waals surface area contributed by atoms with E-state index in [0.29, 0.717) is 19.4 Å². The third-order valence-corrected chi connectivity index (χ3v) is 4.12. The van der Waals surface area contributed by atoms with E-state index >= 15 is 0 Å². The molecule has 3 rings (SSSR count). The van der Waals surface area contributed by atoms with Gasteiger partial charge in [-0.25, -0.2) is 0 Å². The molecule has 5 heteroatoms. The molecule has 20 heavy (non-hydrogen) atoms. The smallest absolute Gasteiger partial charge is 0.312 e. The number of benzene rings is 1. The van der Waals surface area contributed by atoms with E-state index in [1.54, 1.807) is 0 Å². The summed E-state index contributed by atoms with van der Waals surface area (Å²) in [6, 6.07) is 7.91. The summed E-state index contributed by atoms with van der Waals surface area (Å²) in [7, 11) is 1.89. The minimum Gasteiger partial charge on any atom is -0.481 e. The third kappa shape index (κ3) is 2.08. The molecule has 2 aromatic rings. The van der Waals surface area contributed by atoms with E-state index in [1.165, 1.54) is 0 Å². The second-order valence-corrected chi connectivity index (χ2v) is 5.51. The molecule has 1 N–H and O–H groups in total. The molecule has 1 atom stereocenters. The van der Waals surface area contributed by atoms with Gasteiger partial charge in [-0.3, -0.25) is 9.48 Å². The van der Waals surface area contributed by atoms with Crippen LogP contribution in [-0.4, -0.2) is 34.1 Å². The number of fused-ring (bicyclic) bond motifs is 1. The van der Waals surface area contributed by atoms with Crippen molar-refractivity contribution in [3.05, 3.63) is 30.0 Å².